The van der Waals surface area contributed by atoms with Gasteiger partial charge in [0, 0.05) is 0 Å². The molecule has 0 aromatic heterocycles. The smallest absolute Gasteiger partial charge is 0.322 e. The lowest BCUT2D eigenvalue weighted by Gasteiger charge is -2.27. The summed E-state index contributed by atoms with van der Waals surface area (Å²) < 4.78 is 0. The molecule has 0 saturated heterocycles. The Morgan fingerprint density at radius 3 is 1.81 bits per heavy atom. The van der Waals surface area contributed by atoms with Crippen LogP contribution in [0.4, 0.5) is 0 Å². The lowest BCUT2D eigenvalue weighted by atomic mass is 9.98. The standard InChI is InChI=1S/C18H34N4O5/c1-9(2)7-12(21-17(26)14(19)10(3)4)16(25)22-15(11(5)6)18(27)20-8-13(23)24/h9-12,14-15H,7-8,19H2,1-6H3,(H,20,27)(H,21,26)(H,22,25)(H,23,24). The molecule has 0 fully saturated rings. The average Bonchev–Trinajstić information content (AvgIpc) is 2.54. The fourth-order valence-corrected chi connectivity index (χ4v) is 2.34. The number of amides is 3. The second-order valence-electron chi connectivity index (χ2n) is 7.80. The summed E-state index contributed by atoms with van der Waals surface area (Å²) in [7, 11) is 0. The highest BCUT2D eigenvalue weighted by atomic mass is 16.4. The van der Waals surface area contributed by atoms with Gasteiger partial charge in [0.15, 0.2) is 0 Å². The van der Waals surface area contributed by atoms with Crippen LogP contribution in [-0.2, 0) is 19.2 Å². The summed E-state index contributed by atoms with van der Waals surface area (Å²) in [5, 5.41) is 16.2. The van der Waals surface area contributed by atoms with Crippen LogP contribution in [0.25, 0.3) is 0 Å². The van der Waals surface area contributed by atoms with Gasteiger partial charge in [0.1, 0.15) is 18.6 Å². The van der Waals surface area contributed by atoms with Crippen LogP contribution in [0, 0.1) is 17.8 Å². The third-order valence-corrected chi connectivity index (χ3v) is 4.02. The number of aliphatic carboxylic acids is 1. The third-order valence-electron chi connectivity index (χ3n) is 4.02. The molecule has 0 aliphatic carbocycles. The molecule has 0 rings (SSSR count). The lowest BCUT2D eigenvalue weighted by Crippen LogP contribution is -2.58. The first-order valence-electron chi connectivity index (χ1n) is 9.22. The van der Waals surface area contributed by atoms with E-state index in [1.54, 1.807) is 13.8 Å². The lowest BCUT2D eigenvalue weighted by molar-refractivity contribution is -0.139. The maximum Gasteiger partial charge on any atom is 0.322 e. The van der Waals surface area contributed by atoms with Gasteiger partial charge in [0.05, 0.1) is 6.04 Å². The topological polar surface area (TPSA) is 151 Å². The monoisotopic (exact) mass is 386 g/mol. The molecule has 9 nitrogen and oxygen atoms in total. The number of rotatable bonds is 11. The van der Waals surface area contributed by atoms with Gasteiger partial charge in [-0.3, -0.25) is 19.2 Å². The molecular formula is C18H34N4O5. The minimum absolute atomic E-state index is 0.0852. The zero-order chi connectivity index (χ0) is 21.3. The molecule has 3 atom stereocenters. The average molecular weight is 386 g/mol. The predicted octanol–water partition coefficient (Wildman–Crippen LogP) is -0.158. The second kappa shape index (κ2) is 11.5. The zero-order valence-corrected chi connectivity index (χ0v) is 17.0. The molecule has 0 aliphatic heterocycles. The minimum atomic E-state index is -1.18. The van der Waals surface area contributed by atoms with Gasteiger partial charge in [-0.25, -0.2) is 0 Å². The van der Waals surface area contributed by atoms with E-state index in [9.17, 15) is 19.2 Å². The highest BCUT2D eigenvalue weighted by Crippen LogP contribution is 2.09. The Hall–Kier alpha value is -2.16. The van der Waals surface area contributed by atoms with Gasteiger partial charge in [-0.2, -0.15) is 0 Å². The number of carboxylic acid groups (broad SMARTS) is 1. The second-order valence-corrected chi connectivity index (χ2v) is 7.80. The van der Waals surface area contributed by atoms with Crippen molar-refractivity contribution in [3.63, 3.8) is 0 Å². The van der Waals surface area contributed by atoms with Crippen LogP contribution in [0.2, 0.25) is 0 Å². The largest absolute Gasteiger partial charge is 0.480 e. The molecule has 6 N–H and O–H groups in total. The molecule has 0 saturated carbocycles. The molecular weight excluding hydrogens is 352 g/mol. The number of carbonyl (C=O) groups is 4. The summed E-state index contributed by atoms with van der Waals surface area (Å²) in [5.41, 5.74) is 5.84. The molecule has 27 heavy (non-hydrogen) atoms. The van der Waals surface area contributed by atoms with Gasteiger partial charge < -0.3 is 26.8 Å². The first-order valence-corrected chi connectivity index (χ1v) is 9.22. The van der Waals surface area contributed by atoms with Crippen molar-refractivity contribution in [2.45, 2.75) is 66.1 Å². The summed E-state index contributed by atoms with van der Waals surface area (Å²) in [6.45, 7) is 10.4. The highest BCUT2D eigenvalue weighted by Gasteiger charge is 2.30. The van der Waals surface area contributed by atoms with Crippen molar-refractivity contribution in [2.24, 2.45) is 23.5 Å². The molecule has 0 bridgehead atoms. The van der Waals surface area contributed by atoms with Crippen molar-refractivity contribution in [2.75, 3.05) is 6.54 Å². The molecule has 3 amide bonds. The molecule has 0 radical (unpaired) electrons. The van der Waals surface area contributed by atoms with Crippen LogP contribution < -0.4 is 21.7 Å². The number of nitrogens with two attached hydrogens (primary N) is 1. The van der Waals surface area contributed by atoms with Crippen molar-refractivity contribution in [1.82, 2.24) is 16.0 Å². The predicted molar refractivity (Wildman–Crippen MR) is 102 cm³/mol. The van der Waals surface area contributed by atoms with Crippen molar-refractivity contribution >= 4 is 23.7 Å². The molecule has 9 heteroatoms. The van der Waals surface area contributed by atoms with Crippen molar-refractivity contribution in [3.05, 3.63) is 0 Å². The molecule has 0 aliphatic rings. The van der Waals surface area contributed by atoms with Gasteiger partial charge >= 0.3 is 5.97 Å². The van der Waals surface area contributed by atoms with E-state index in [-0.39, 0.29) is 17.8 Å². The Morgan fingerprint density at radius 2 is 1.41 bits per heavy atom. The fourth-order valence-electron chi connectivity index (χ4n) is 2.34. The summed E-state index contributed by atoms with van der Waals surface area (Å²) in [6, 6.07) is -2.50. The summed E-state index contributed by atoms with van der Waals surface area (Å²) in [5.74, 6) is -2.93. The van der Waals surface area contributed by atoms with Crippen molar-refractivity contribution < 1.29 is 24.3 Å². The van der Waals surface area contributed by atoms with E-state index in [0.717, 1.165) is 0 Å². The maximum atomic E-state index is 12.7. The number of carbonyl (C=O) groups excluding carboxylic acids is 3. The van der Waals surface area contributed by atoms with E-state index in [0.29, 0.717) is 6.42 Å². The SMILES string of the molecule is CC(C)CC(NC(=O)C(N)C(C)C)C(=O)NC(C(=O)NCC(=O)O)C(C)C. The maximum absolute atomic E-state index is 12.7. The third kappa shape index (κ3) is 9.37. The fraction of sp³-hybridized carbons (Fsp3) is 0.778. The zero-order valence-electron chi connectivity index (χ0n) is 17.0. The first-order chi connectivity index (χ1) is 12.4. The Labute approximate surface area is 160 Å². The highest BCUT2D eigenvalue weighted by molar-refractivity contribution is 5.93. The van der Waals surface area contributed by atoms with E-state index in [1.807, 2.05) is 27.7 Å². The van der Waals surface area contributed by atoms with Crippen LogP contribution in [0.15, 0.2) is 0 Å². The Morgan fingerprint density at radius 1 is 0.852 bits per heavy atom. The van der Waals surface area contributed by atoms with Gasteiger partial charge in [0.25, 0.3) is 0 Å². The van der Waals surface area contributed by atoms with E-state index < -0.39 is 48.4 Å². The molecule has 0 heterocycles. The van der Waals surface area contributed by atoms with Gasteiger partial charge in [-0.15, -0.1) is 0 Å². The first kappa shape index (κ1) is 24.8. The normalized spacial score (nSPS) is 14.6. The number of carboxylic acids is 1. The van der Waals surface area contributed by atoms with Crippen LogP contribution >= 0.6 is 0 Å². The Kier molecular flexibility index (Phi) is 10.6. The van der Waals surface area contributed by atoms with Gasteiger partial charge in [-0.1, -0.05) is 41.5 Å². The van der Waals surface area contributed by atoms with Crippen LogP contribution in [0.5, 0.6) is 0 Å². The molecule has 156 valence electrons. The van der Waals surface area contributed by atoms with E-state index >= 15 is 0 Å². The van der Waals surface area contributed by atoms with Gasteiger partial charge in [0.2, 0.25) is 17.7 Å². The quantitative estimate of drug-likeness (QED) is 0.333. The minimum Gasteiger partial charge on any atom is -0.480 e. The number of hydrogen-bond donors (Lipinski definition) is 5. The summed E-state index contributed by atoms with van der Waals surface area (Å²) in [4.78, 5) is 47.8. The summed E-state index contributed by atoms with van der Waals surface area (Å²) >= 11 is 0. The molecule has 0 aromatic rings. The molecule has 0 spiro atoms. The Bertz CT molecular complexity index is 534. The van der Waals surface area contributed by atoms with Crippen LogP contribution in [0.1, 0.15) is 48.0 Å². The number of nitrogens with one attached hydrogen (secondary N) is 3. The van der Waals surface area contributed by atoms with Crippen LogP contribution in [0.3, 0.4) is 0 Å². The van der Waals surface area contributed by atoms with E-state index in [4.69, 9.17) is 10.8 Å². The van der Waals surface area contributed by atoms with E-state index in [2.05, 4.69) is 16.0 Å². The molecule has 3 unspecified atom stereocenters. The Balaban J connectivity index is 5.19. The van der Waals surface area contributed by atoms with Crippen molar-refractivity contribution in [3.8, 4) is 0 Å². The molecule has 0 aromatic carbocycles. The van der Waals surface area contributed by atoms with E-state index in [1.165, 1.54) is 0 Å². The summed E-state index contributed by atoms with van der Waals surface area (Å²) in [6.07, 6.45) is 0.379. The van der Waals surface area contributed by atoms with Crippen molar-refractivity contribution in [1.29, 1.82) is 0 Å². The van der Waals surface area contributed by atoms with Gasteiger partial charge in [-0.05, 0) is 24.2 Å². The van der Waals surface area contributed by atoms with Crippen LogP contribution in [-0.4, -0.2) is 53.5 Å². The number of hydrogen-bond acceptors (Lipinski definition) is 5.